The second-order valence-electron chi connectivity index (χ2n) is 11.1. The molecular weight excluding hydrogens is 487 g/mol. The average Bonchev–Trinajstić information content (AvgIpc) is 3.41. The van der Waals surface area contributed by atoms with E-state index in [0.29, 0.717) is 43.2 Å². The van der Waals surface area contributed by atoms with E-state index in [-0.39, 0.29) is 17.7 Å². The maximum absolute atomic E-state index is 14.7. The fraction of sp³-hybridized carbons (Fsp3) is 0.500. The second kappa shape index (κ2) is 10.2. The highest BCUT2D eigenvalue weighted by atomic mass is 19.1. The molecule has 202 valence electrons. The van der Waals surface area contributed by atoms with Gasteiger partial charge < -0.3 is 19.9 Å². The van der Waals surface area contributed by atoms with Crippen LogP contribution in [0.1, 0.15) is 58.1 Å². The van der Waals surface area contributed by atoms with Crippen molar-refractivity contribution in [1.29, 1.82) is 0 Å². The molecule has 2 aromatic heterocycles. The Kier molecular flexibility index (Phi) is 6.98. The molecule has 9 nitrogen and oxygen atoms in total. The van der Waals surface area contributed by atoms with E-state index in [0.717, 1.165) is 37.1 Å². The number of fused-ring (bicyclic) bond motifs is 1. The van der Waals surface area contributed by atoms with E-state index in [4.69, 9.17) is 4.74 Å². The van der Waals surface area contributed by atoms with Crippen LogP contribution in [0, 0.1) is 12.7 Å². The lowest BCUT2D eigenvalue weighted by atomic mass is 10.1. The number of carbonyl (C=O) groups is 1. The van der Waals surface area contributed by atoms with Gasteiger partial charge in [-0.1, -0.05) is 12.8 Å². The van der Waals surface area contributed by atoms with E-state index in [1.54, 1.807) is 18.0 Å². The third-order valence-electron chi connectivity index (χ3n) is 7.25. The predicted molar refractivity (Wildman–Crippen MR) is 146 cm³/mol. The van der Waals surface area contributed by atoms with E-state index in [9.17, 15) is 14.0 Å². The van der Waals surface area contributed by atoms with E-state index < -0.39 is 17.0 Å². The smallest absolute Gasteiger partial charge is 0.410 e. The highest BCUT2D eigenvalue weighted by Crippen LogP contribution is 2.32. The van der Waals surface area contributed by atoms with Crippen LogP contribution in [0.3, 0.4) is 0 Å². The number of nitrogens with zero attached hydrogens (tertiary/aromatic N) is 5. The molecule has 1 amide bonds. The maximum atomic E-state index is 14.7. The Bertz CT molecular complexity index is 1380. The predicted octanol–water partition coefficient (Wildman–Crippen LogP) is 5.15. The summed E-state index contributed by atoms with van der Waals surface area (Å²) in [4.78, 5) is 38.2. The summed E-state index contributed by atoms with van der Waals surface area (Å²) in [6, 6.07) is 7.88. The summed E-state index contributed by atoms with van der Waals surface area (Å²) in [5.74, 6) is -0.371. The molecule has 3 aromatic rings. The monoisotopic (exact) mass is 522 g/mol. The number of anilines is 3. The Morgan fingerprint density at radius 2 is 1.74 bits per heavy atom. The molecule has 38 heavy (non-hydrogen) atoms. The Hall–Kier alpha value is -3.69. The third kappa shape index (κ3) is 5.30. The van der Waals surface area contributed by atoms with Crippen LogP contribution in [0.25, 0.3) is 11.0 Å². The highest BCUT2D eigenvalue weighted by molar-refractivity contribution is 5.80. The van der Waals surface area contributed by atoms with E-state index >= 15 is 0 Å². The van der Waals surface area contributed by atoms with Gasteiger partial charge in [-0.25, -0.2) is 14.2 Å². The zero-order valence-corrected chi connectivity index (χ0v) is 22.5. The first-order valence-electron chi connectivity index (χ1n) is 13.3. The number of pyridine rings is 1. The van der Waals surface area contributed by atoms with Gasteiger partial charge in [0.15, 0.2) is 5.82 Å². The number of amides is 1. The highest BCUT2D eigenvalue weighted by Gasteiger charge is 2.27. The van der Waals surface area contributed by atoms with Gasteiger partial charge in [-0.3, -0.25) is 9.36 Å². The van der Waals surface area contributed by atoms with Crippen molar-refractivity contribution in [2.45, 2.75) is 65.0 Å². The Morgan fingerprint density at radius 1 is 1.08 bits per heavy atom. The molecule has 1 saturated heterocycles. The Morgan fingerprint density at radius 3 is 2.37 bits per heavy atom. The van der Waals surface area contributed by atoms with Gasteiger partial charge in [0.25, 0.3) is 5.56 Å². The molecule has 0 spiro atoms. The summed E-state index contributed by atoms with van der Waals surface area (Å²) in [7, 11) is 0. The topological polar surface area (TPSA) is 92.6 Å². The van der Waals surface area contributed by atoms with Gasteiger partial charge in [-0.15, -0.1) is 0 Å². The lowest BCUT2D eigenvalue weighted by Crippen LogP contribution is -2.50. The summed E-state index contributed by atoms with van der Waals surface area (Å²) in [5, 5.41) is 3.78. The van der Waals surface area contributed by atoms with Crippen LogP contribution < -0.4 is 15.8 Å². The molecule has 0 atom stereocenters. The molecule has 0 bridgehead atoms. The summed E-state index contributed by atoms with van der Waals surface area (Å²) in [6.45, 7) is 9.84. The van der Waals surface area contributed by atoms with Gasteiger partial charge in [0.2, 0.25) is 5.95 Å². The van der Waals surface area contributed by atoms with Crippen molar-refractivity contribution >= 4 is 34.4 Å². The zero-order chi connectivity index (χ0) is 27.0. The van der Waals surface area contributed by atoms with Crippen LogP contribution in [-0.4, -0.2) is 57.3 Å². The van der Waals surface area contributed by atoms with Crippen molar-refractivity contribution in [3.63, 3.8) is 0 Å². The molecule has 3 heterocycles. The van der Waals surface area contributed by atoms with Crippen molar-refractivity contribution in [1.82, 2.24) is 19.4 Å². The third-order valence-corrected chi connectivity index (χ3v) is 7.25. The molecule has 10 heteroatoms. The number of ether oxygens (including phenoxy) is 1. The Balaban J connectivity index is 1.30. The van der Waals surface area contributed by atoms with Crippen molar-refractivity contribution in [3.8, 4) is 0 Å². The zero-order valence-electron chi connectivity index (χ0n) is 22.5. The largest absolute Gasteiger partial charge is 0.444 e. The van der Waals surface area contributed by atoms with Crippen LogP contribution >= 0.6 is 0 Å². The molecule has 1 aliphatic carbocycles. The van der Waals surface area contributed by atoms with Crippen molar-refractivity contribution in [2.75, 3.05) is 36.4 Å². The van der Waals surface area contributed by atoms with Crippen molar-refractivity contribution in [3.05, 3.63) is 52.2 Å². The number of benzene rings is 1. The fourth-order valence-electron chi connectivity index (χ4n) is 5.22. The molecule has 1 aliphatic heterocycles. The van der Waals surface area contributed by atoms with E-state index in [2.05, 4.69) is 20.2 Å². The van der Waals surface area contributed by atoms with Crippen LogP contribution in [0.4, 0.5) is 26.5 Å². The molecule has 0 radical (unpaired) electrons. The Labute approximate surface area is 221 Å². The fourth-order valence-corrected chi connectivity index (χ4v) is 5.22. The number of aromatic nitrogens is 3. The first kappa shape index (κ1) is 25.9. The summed E-state index contributed by atoms with van der Waals surface area (Å²) in [5.41, 5.74) is 1.49. The minimum atomic E-state index is -0.726. The van der Waals surface area contributed by atoms with Gasteiger partial charge in [0, 0.05) is 60.7 Å². The molecule has 2 aliphatic rings. The maximum Gasteiger partial charge on any atom is 0.410 e. The number of hydrogen-bond donors (Lipinski definition) is 1. The standard InChI is InChI=1S/C28H35FN6O3/c1-18-22-17-30-26(32-24(22)35(25(36)23(18)29)21-7-5-6-8-21)31-19-9-11-20(12-10-19)33-13-15-34(16-14-33)27(37)38-28(2,3)4/h9-12,17,21H,5-8,13-16H2,1-4H3,(H,30,31,32). The average molecular weight is 523 g/mol. The van der Waals surface area contributed by atoms with Crippen LogP contribution in [0.2, 0.25) is 0 Å². The van der Waals surface area contributed by atoms with Gasteiger partial charge >= 0.3 is 6.09 Å². The molecular formula is C28H35FN6O3. The number of rotatable bonds is 4. The summed E-state index contributed by atoms with van der Waals surface area (Å²) < 4.78 is 21.7. The first-order chi connectivity index (χ1) is 18.1. The molecule has 5 rings (SSSR count). The number of nitrogens with one attached hydrogen (secondary N) is 1. The number of aryl methyl sites for hydroxylation is 1. The SMILES string of the molecule is Cc1c(F)c(=O)n(C2CCCC2)c2nc(Nc3ccc(N4CCN(C(=O)OC(C)(C)C)CC4)cc3)ncc12. The first-order valence-corrected chi connectivity index (χ1v) is 13.3. The van der Waals surface area contributed by atoms with Crippen LogP contribution in [-0.2, 0) is 4.74 Å². The molecule has 2 fully saturated rings. The van der Waals surface area contributed by atoms with Gasteiger partial charge in [-0.05, 0) is 64.8 Å². The number of carbonyl (C=O) groups excluding carboxylic acids is 1. The minimum absolute atomic E-state index is 0.0436. The molecule has 1 saturated carbocycles. The van der Waals surface area contributed by atoms with E-state index in [1.165, 1.54) is 4.57 Å². The van der Waals surface area contributed by atoms with E-state index in [1.807, 2.05) is 45.0 Å². The molecule has 1 aromatic carbocycles. The summed E-state index contributed by atoms with van der Waals surface area (Å²) >= 11 is 0. The lowest BCUT2D eigenvalue weighted by Gasteiger charge is -2.36. The van der Waals surface area contributed by atoms with Crippen molar-refractivity contribution < 1.29 is 13.9 Å². The van der Waals surface area contributed by atoms with Gasteiger partial charge in [0.05, 0.1) is 0 Å². The second-order valence-corrected chi connectivity index (χ2v) is 11.1. The molecule has 1 N–H and O–H groups in total. The molecule has 0 unspecified atom stereocenters. The number of hydrogen-bond acceptors (Lipinski definition) is 7. The number of halogens is 1. The quantitative estimate of drug-likeness (QED) is 0.506. The van der Waals surface area contributed by atoms with Gasteiger partial charge in [-0.2, -0.15) is 4.98 Å². The van der Waals surface area contributed by atoms with Crippen LogP contribution in [0.5, 0.6) is 0 Å². The van der Waals surface area contributed by atoms with Gasteiger partial charge in [0.1, 0.15) is 11.2 Å². The number of piperazine rings is 1. The summed E-state index contributed by atoms with van der Waals surface area (Å²) in [6.07, 6.45) is 5.05. The van der Waals surface area contributed by atoms with Crippen molar-refractivity contribution in [2.24, 2.45) is 0 Å². The van der Waals surface area contributed by atoms with Crippen LogP contribution in [0.15, 0.2) is 35.3 Å². The minimum Gasteiger partial charge on any atom is -0.444 e. The normalized spacial score (nSPS) is 16.8. The lowest BCUT2D eigenvalue weighted by molar-refractivity contribution is 0.0240.